The lowest BCUT2D eigenvalue weighted by Gasteiger charge is -2.22. The molecule has 0 fully saturated rings. The van der Waals surface area contributed by atoms with Crippen molar-refractivity contribution in [1.29, 1.82) is 0 Å². The molecule has 0 aliphatic rings. The number of aromatic nitrogens is 1. The Morgan fingerprint density at radius 1 is 0.741 bits per heavy atom. The molecule has 0 saturated heterocycles. The van der Waals surface area contributed by atoms with Gasteiger partial charge in [0, 0.05) is 23.6 Å². The number of hydrogen-bond donors (Lipinski definition) is 1. The first-order valence-corrected chi connectivity index (χ1v) is 9.39. The molecule has 0 bridgehead atoms. The number of hydroxylamine groups is 2. The summed E-state index contributed by atoms with van der Waals surface area (Å²) in [4.78, 5) is 9.55. The number of para-hydroxylation sites is 1. The topological polar surface area (TPSA) is 28.3 Å². The van der Waals surface area contributed by atoms with Crippen LogP contribution < -0.4 is 0 Å². The number of benzene rings is 3. The van der Waals surface area contributed by atoms with E-state index in [0.29, 0.717) is 6.61 Å². The first-order valence-electron chi connectivity index (χ1n) is 9.39. The standard InChI is InChI=1S/C24H24N2O/c1-3-9-20(10-4-1)15-16-26(27-19-21-11-5-2-6-12-21)18-22-17-25-24-14-8-7-13-23(22)24/h1-14,17,25H,15-16,18-19H2. The SMILES string of the molecule is c1ccc(CCN(Cc2c[nH]c3ccccc23)OCc2ccccc2)cc1. The summed E-state index contributed by atoms with van der Waals surface area (Å²) in [6.07, 6.45) is 3.05. The Kier molecular flexibility index (Phi) is 5.63. The summed E-state index contributed by atoms with van der Waals surface area (Å²) in [5, 5.41) is 3.33. The second kappa shape index (κ2) is 8.67. The fraction of sp³-hybridized carbons (Fsp3) is 0.167. The minimum Gasteiger partial charge on any atom is -0.361 e. The molecule has 3 aromatic carbocycles. The predicted molar refractivity (Wildman–Crippen MR) is 110 cm³/mol. The van der Waals surface area contributed by atoms with Crippen LogP contribution in [0.1, 0.15) is 16.7 Å². The molecular weight excluding hydrogens is 332 g/mol. The smallest absolute Gasteiger partial charge is 0.0936 e. The number of nitrogens with zero attached hydrogens (tertiary/aromatic N) is 1. The molecule has 1 heterocycles. The van der Waals surface area contributed by atoms with Crippen molar-refractivity contribution in [3.05, 3.63) is 108 Å². The zero-order valence-electron chi connectivity index (χ0n) is 15.3. The molecule has 0 aliphatic carbocycles. The van der Waals surface area contributed by atoms with E-state index >= 15 is 0 Å². The summed E-state index contributed by atoms with van der Waals surface area (Å²) in [7, 11) is 0. The van der Waals surface area contributed by atoms with Crippen molar-refractivity contribution >= 4 is 10.9 Å². The molecule has 4 aromatic rings. The molecule has 0 amide bonds. The first kappa shape index (κ1) is 17.5. The number of rotatable bonds is 8. The molecule has 4 rings (SSSR count). The fourth-order valence-electron chi connectivity index (χ4n) is 3.28. The second-order valence-corrected chi connectivity index (χ2v) is 6.72. The van der Waals surface area contributed by atoms with Crippen LogP contribution in [0.15, 0.2) is 91.1 Å². The van der Waals surface area contributed by atoms with Crippen LogP contribution in [0, 0.1) is 0 Å². The summed E-state index contributed by atoms with van der Waals surface area (Å²) >= 11 is 0. The fourth-order valence-corrected chi connectivity index (χ4v) is 3.28. The monoisotopic (exact) mass is 356 g/mol. The Morgan fingerprint density at radius 2 is 1.41 bits per heavy atom. The van der Waals surface area contributed by atoms with E-state index in [2.05, 4.69) is 83.0 Å². The highest BCUT2D eigenvalue weighted by Gasteiger charge is 2.11. The molecule has 27 heavy (non-hydrogen) atoms. The minimum absolute atomic E-state index is 0.581. The maximum atomic E-state index is 6.19. The van der Waals surface area contributed by atoms with E-state index in [1.165, 1.54) is 27.6 Å². The Labute approximate surface area is 160 Å². The summed E-state index contributed by atoms with van der Waals surface area (Å²) < 4.78 is 0. The van der Waals surface area contributed by atoms with Gasteiger partial charge in [0.05, 0.1) is 13.2 Å². The lowest BCUT2D eigenvalue weighted by molar-refractivity contribution is -0.176. The molecule has 1 aromatic heterocycles. The van der Waals surface area contributed by atoms with Gasteiger partial charge in [-0.3, -0.25) is 4.84 Å². The minimum atomic E-state index is 0.581. The quantitative estimate of drug-likeness (QED) is 0.431. The van der Waals surface area contributed by atoms with Crippen LogP contribution >= 0.6 is 0 Å². The van der Waals surface area contributed by atoms with Crippen LogP contribution in [0.3, 0.4) is 0 Å². The van der Waals surface area contributed by atoms with Gasteiger partial charge in [0.25, 0.3) is 0 Å². The average Bonchev–Trinajstić information content (AvgIpc) is 3.14. The van der Waals surface area contributed by atoms with Gasteiger partial charge in [-0.1, -0.05) is 78.9 Å². The third kappa shape index (κ3) is 4.64. The predicted octanol–water partition coefficient (Wildman–Crippen LogP) is 5.34. The molecule has 0 saturated carbocycles. The third-order valence-electron chi connectivity index (χ3n) is 4.77. The summed E-state index contributed by atoms with van der Waals surface area (Å²) in [6.45, 7) is 2.18. The normalized spacial score (nSPS) is 11.3. The molecule has 0 spiro atoms. The Balaban J connectivity index is 1.47. The zero-order chi connectivity index (χ0) is 18.3. The van der Waals surface area contributed by atoms with Gasteiger partial charge in [-0.05, 0) is 29.2 Å². The van der Waals surface area contributed by atoms with Gasteiger partial charge in [0.2, 0.25) is 0 Å². The van der Waals surface area contributed by atoms with Crippen LogP contribution in [0.2, 0.25) is 0 Å². The molecular formula is C24H24N2O. The van der Waals surface area contributed by atoms with Gasteiger partial charge < -0.3 is 4.98 Å². The summed E-state index contributed by atoms with van der Waals surface area (Å²) in [5.41, 5.74) is 4.93. The van der Waals surface area contributed by atoms with Crippen molar-refractivity contribution in [1.82, 2.24) is 10.0 Å². The molecule has 1 N–H and O–H groups in total. The van der Waals surface area contributed by atoms with Gasteiger partial charge in [0.15, 0.2) is 0 Å². The van der Waals surface area contributed by atoms with Gasteiger partial charge >= 0.3 is 0 Å². The average molecular weight is 356 g/mol. The van der Waals surface area contributed by atoms with Crippen molar-refractivity contribution < 1.29 is 4.84 Å². The van der Waals surface area contributed by atoms with Crippen molar-refractivity contribution in [3.63, 3.8) is 0 Å². The third-order valence-corrected chi connectivity index (χ3v) is 4.77. The Hall–Kier alpha value is -2.88. The van der Waals surface area contributed by atoms with Crippen LogP contribution in [-0.4, -0.2) is 16.6 Å². The Morgan fingerprint density at radius 3 is 2.19 bits per heavy atom. The second-order valence-electron chi connectivity index (χ2n) is 6.72. The van der Waals surface area contributed by atoms with Gasteiger partial charge in [-0.15, -0.1) is 0 Å². The van der Waals surface area contributed by atoms with Crippen LogP contribution in [0.4, 0.5) is 0 Å². The number of fused-ring (bicyclic) bond motifs is 1. The van der Waals surface area contributed by atoms with Crippen molar-refractivity contribution in [2.75, 3.05) is 6.54 Å². The highest BCUT2D eigenvalue weighted by molar-refractivity contribution is 5.82. The van der Waals surface area contributed by atoms with E-state index in [0.717, 1.165) is 19.5 Å². The maximum Gasteiger partial charge on any atom is 0.0936 e. The number of aromatic amines is 1. The summed E-state index contributed by atoms with van der Waals surface area (Å²) in [6, 6.07) is 29.3. The molecule has 0 unspecified atom stereocenters. The van der Waals surface area contributed by atoms with Gasteiger partial charge in [0.1, 0.15) is 0 Å². The van der Waals surface area contributed by atoms with Gasteiger partial charge in [-0.2, -0.15) is 5.06 Å². The Bertz CT molecular complexity index is 920. The lowest BCUT2D eigenvalue weighted by atomic mass is 10.1. The lowest BCUT2D eigenvalue weighted by Crippen LogP contribution is -2.26. The molecule has 3 nitrogen and oxygen atoms in total. The number of hydrogen-bond acceptors (Lipinski definition) is 2. The van der Waals surface area contributed by atoms with Crippen molar-refractivity contribution in [2.24, 2.45) is 0 Å². The molecule has 0 aliphatic heterocycles. The van der Waals surface area contributed by atoms with Crippen LogP contribution in [0.5, 0.6) is 0 Å². The van der Waals surface area contributed by atoms with Crippen molar-refractivity contribution in [3.8, 4) is 0 Å². The van der Waals surface area contributed by atoms with Gasteiger partial charge in [-0.25, -0.2) is 0 Å². The van der Waals surface area contributed by atoms with E-state index < -0.39 is 0 Å². The van der Waals surface area contributed by atoms with Crippen LogP contribution in [-0.2, 0) is 24.4 Å². The van der Waals surface area contributed by atoms with E-state index in [4.69, 9.17) is 4.84 Å². The van der Waals surface area contributed by atoms with E-state index in [9.17, 15) is 0 Å². The number of nitrogens with one attached hydrogen (secondary N) is 1. The first-order chi connectivity index (χ1) is 13.4. The largest absolute Gasteiger partial charge is 0.361 e. The molecule has 0 radical (unpaired) electrons. The highest BCUT2D eigenvalue weighted by atomic mass is 16.7. The van der Waals surface area contributed by atoms with Crippen LogP contribution in [0.25, 0.3) is 10.9 Å². The van der Waals surface area contributed by atoms with E-state index in [1.54, 1.807) is 0 Å². The molecule has 136 valence electrons. The molecule has 3 heteroatoms. The number of H-pyrrole nitrogens is 1. The summed E-state index contributed by atoms with van der Waals surface area (Å²) in [5.74, 6) is 0. The maximum absolute atomic E-state index is 6.19. The van der Waals surface area contributed by atoms with Crippen molar-refractivity contribution in [2.45, 2.75) is 19.6 Å². The van der Waals surface area contributed by atoms with E-state index in [1.807, 2.05) is 18.2 Å². The molecule has 0 atom stereocenters. The van der Waals surface area contributed by atoms with E-state index in [-0.39, 0.29) is 0 Å². The zero-order valence-corrected chi connectivity index (χ0v) is 15.3. The highest BCUT2D eigenvalue weighted by Crippen LogP contribution is 2.20.